The summed E-state index contributed by atoms with van der Waals surface area (Å²) in [6, 6.07) is 14.5. The Balaban J connectivity index is 2.17. The van der Waals surface area contributed by atoms with Gasteiger partial charge in [0.2, 0.25) is 5.91 Å². The fourth-order valence-corrected chi connectivity index (χ4v) is 2.83. The minimum absolute atomic E-state index is 0.0337. The number of hydrogen-bond acceptors (Lipinski definition) is 1. The van der Waals surface area contributed by atoms with Crippen molar-refractivity contribution >= 4 is 49.3 Å². The molecule has 0 radical (unpaired) electrons. The summed E-state index contributed by atoms with van der Waals surface area (Å²) in [6.07, 6.45) is 0. The van der Waals surface area contributed by atoms with E-state index in [0.717, 1.165) is 12.2 Å². The van der Waals surface area contributed by atoms with E-state index in [1.54, 1.807) is 0 Å². The second kappa shape index (κ2) is 5.53. The maximum Gasteiger partial charge on any atom is 0.237 e. The van der Waals surface area contributed by atoms with E-state index in [0.29, 0.717) is 0 Å². The van der Waals surface area contributed by atoms with Crippen LogP contribution in [-0.4, -0.2) is 15.3 Å². The molecule has 0 bridgehead atoms. The summed E-state index contributed by atoms with van der Waals surface area (Å²) in [7, 11) is 0. The topological polar surface area (TPSA) is 34.0 Å². The Morgan fingerprint density at radius 2 is 1.90 bits per heavy atom. The van der Waals surface area contributed by atoms with Crippen LogP contribution in [0.3, 0.4) is 0 Å². The molecule has 0 aliphatic rings. The monoisotopic (exact) mass is 344 g/mol. The van der Waals surface area contributed by atoms with Crippen molar-refractivity contribution in [3.05, 3.63) is 42.5 Å². The average molecular weight is 345 g/mol. The molecule has 0 spiro atoms. The van der Waals surface area contributed by atoms with Crippen LogP contribution in [0.4, 0.5) is 5.69 Å². The molecule has 0 saturated carbocycles. The van der Waals surface area contributed by atoms with Gasteiger partial charge >= 0.3 is 0 Å². The number of fused-ring (bicyclic) bond motifs is 3. The second-order valence-corrected chi connectivity index (χ2v) is 6.47. The van der Waals surface area contributed by atoms with Crippen LogP contribution >= 0.6 is 15.9 Å². The number of carbonyl (C=O) groups excluding carboxylic acids is 1. The number of halogens is 1. The van der Waals surface area contributed by atoms with Gasteiger partial charge in [0.05, 0.1) is 4.83 Å². The van der Waals surface area contributed by atoms with E-state index < -0.39 is 0 Å². The number of nitrogens with one attached hydrogen (secondary N) is 1. The van der Waals surface area contributed by atoms with Crippen LogP contribution in [0, 0.1) is 0 Å². The van der Waals surface area contributed by atoms with E-state index >= 15 is 0 Å². The Morgan fingerprint density at radius 3 is 2.62 bits per heavy atom. The number of amides is 1. The van der Waals surface area contributed by atoms with Crippen molar-refractivity contribution in [2.75, 3.05) is 5.32 Å². The maximum atomic E-state index is 11.8. The van der Waals surface area contributed by atoms with Crippen molar-refractivity contribution in [3.8, 4) is 0 Å². The third-order valence-corrected chi connectivity index (χ3v) is 4.13. The molecular formula is C17H17BrN2O. The quantitative estimate of drug-likeness (QED) is 0.695. The highest BCUT2D eigenvalue weighted by molar-refractivity contribution is 9.10. The van der Waals surface area contributed by atoms with Gasteiger partial charge in [0.15, 0.2) is 0 Å². The van der Waals surface area contributed by atoms with Crippen LogP contribution in [-0.2, 0) is 11.3 Å². The fourth-order valence-electron chi connectivity index (χ4n) is 2.71. The van der Waals surface area contributed by atoms with Gasteiger partial charge in [0, 0.05) is 34.0 Å². The lowest BCUT2D eigenvalue weighted by Crippen LogP contribution is -2.19. The SMILES string of the molecule is CCn1c2ccccc2c2cc(NC(=O)C(C)Br)ccc21. The maximum absolute atomic E-state index is 11.8. The van der Waals surface area contributed by atoms with Gasteiger partial charge in [0.1, 0.15) is 0 Å². The summed E-state index contributed by atoms with van der Waals surface area (Å²) >= 11 is 3.29. The number of para-hydroxylation sites is 1. The zero-order chi connectivity index (χ0) is 15.0. The number of hydrogen-bond donors (Lipinski definition) is 1. The van der Waals surface area contributed by atoms with Crippen LogP contribution in [0.5, 0.6) is 0 Å². The highest BCUT2D eigenvalue weighted by Gasteiger charge is 2.12. The molecule has 108 valence electrons. The molecule has 1 heterocycles. The van der Waals surface area contributed by atoms with Gasteiger partial charge in [-0.3, -0.25) is 4.79 Å². The van der Waals surface area contributed by atoms with E-state index in [-0.39, 0.29) is 10.7 Å². The van der Waals surface area contributed by atoms with Crippen LogP contribution < -0.4 is 5.32 Å². The van der Waals surface area contributed by atoms with Crippen LogP contribution in [0.15, 0.2) is 42.5 Å². The van der Waals surface area contributed by atoms with E-state index in [9.17, 15) is 4.79 Å². The largest absolute Gasteiger partial charge is 0.341 e. The highest BCUT2D eigenvalue weighted by atomic mass is 79.9. The van der Waals surface area contributed by atoms with E-state index in [1.165, 1.54) is 21.8 Å². The number of nitrogens with zero attached hydrogens (tertiary/aromatic N) is 1. The van der Waals surface area contributed by atoms with Crippen molar-refractivity contribution in [2.45, 2.75) is 25.2 Å². The fraction of sp³-hybridized carbons (Fsp3) is 0.235. The van der Waals surface area contributed by atoms with Crippen molar-refractivity contribution < 1.29 is 4.79 Å². The summed E-state index contributed by atoms with van der Waals surface area (Å²) in [4.78, 5) is 11.6. The third kappa shape index (κ3) is 2.44. The molecule has 0 fully saturated rings. The lowest BCUT2D eigenvalue weighted by Gasteiger charge is -2.07. The first kappa shape index (κ1) is 14.1. The van der Waals surface area contributed by atoms with Gasteiger partial charge in [-0.15, -0.1) is 0 Å². The number of benzene rings is 2. The second-order valence-electron chi connectivity index (χ2n) is 5.10. The molecule has 1 aromatic heterocycles. The van der Waals surface area contributed by atoms with E-state index in [4.69, 9.17) is 0 Å². The van der Waals surface area contributed by atoms with Gasteiger partial charge in [-0.2, -0.15) is 0 Å². The van der Waals surface area contributed by atoms with Gasteiger partial charge in [0.25, 0.3) is 0 Å². The molecule has 21 heavy (non-hydrogen) atoms. The molecule has 1 N–H and O–H groups in total. The predicted molar refractivity (Wildman–Crippen MR) is 92.1 cm³/mol. The molecule has 2 aromatic carbocycles. The normalized spacial score (nSPS) is 12.7. The molecule has 1 unspecified atom stereocenters. The number of aryl methyl sites for hydroxylation is 1. The average Bonchev–Trinajstić information content (AvgIpc) is 2.80. The third-order valence-electron chi connectivity index (χ3n) is 3.72. The Labute approximate surface area is 132 Å². The standard InChI is InChI=1S/C17H17BrN2O/c1-3-20-15-7-5-4-6-13(15)14-10-12(8-9-16(14)20)19-17(21)11(2)18/h4-11H,3H2,1-2H3,(H,19,21). The Hall–Kier alpha value is -1.81. The zero-order valence-electron chi connectivity index (χ0n) is 12.1. The van der Waals surface area contributed by atoms with Crippen LogP contribution in [0.25, 0.3) is 21.8 Å². The minimum Gasteiger partial charge on any atom is -0.341 e. The Kier molecular flexibility index (Phi) is 3.72. The molecule has 3 aromatic rings. The summed E-state index contributed by atoms with van der Waals surface area (Å²) < 4.78 is 2.30. The summed E-state index contributed by atoms with van der Waals surface area (Å²) in [5, 5.41) is 5.32. The first-order chi connectivity index (χ1) is 10.1. The lowest BCUT2D eigenvalue weighted by molar-refractivity contribution is -0.115. The van der Waals surface area contributed by atoms with Gasteiger partial charge in [-0.25, -0.2) is 0 Å². The molecule has 1 atom stereocenters. The lowest BCUT2D eigenvalue weighted by atomic mass is 10.1. The van der Waals surface area contributed by atoms with Gasteiger partial charge < -0.3 is 9.88 Å². The highest BCUT2D eigenvalue weighted by Crippen LogP contribution is 2.31. The zero-order valence-corrected chi connectivity index (χ0v) is 13.6. The molecule has 3 nitrogen and oxygen atoms in total. The number of rotatable bonds is 3. The molecule has 1 amide bonds. The smallest absolute Gasteiger partial charge is 0.237 e. The number of alkyl halides is 1. The summed E-state index contributed by atoms with van der Waals surface area (Å²) in [6.45, 7) is 4.89. The van der Waals surface area contributed by atoms with Crippen LogP contribution in [0.2, 0.25) is 0 Å². The summed E-state index contributed by atoms with van der Waals surface area (Å²) in [5.41, 5.74) is 3.26. The van der Waals surface area contributed by atoms with Crippen molar-refractivity contribution in [1.82, 2.24) is 4.57 Å². The van der Waals surface area contributed by atoms with E-state index in [2.05, 4.69) is 63.1 Å². The van der Waals surface area contributed by atoms with Gasteiger partial charge in [-0.05, 0) is 38.1 Å². The molecule has 0 aliphatic carbocycles. The first-order valence-electron chi connectivity index (χ1n) is 7.07. The number of aromatic nitrogens is 1. The summed E-state index contributed by atoms with van der Waals surface area (Å²) in [5.74, 6) is -0.0337. The molecule has 4 heteroatoms. The molecule has 0 aliphatic heterocycles. The van der Waals surface area contributed by atoms with Crippen molar-refractivity contribution in [2.24, 2.45) is 0 Å². The Bertz CT molecular complexity index is 820. The minimum atomic E-state index is -0.204. The molecule has 3 rings (SSSR count). The van der Waals surface area contributed by atoms with Crippen LogP contribution in [0.1, 0.15) is 13.8 Å². The Morgan fingerprint density at radius 1 is 1.19 bits per heavy atom. The predicted octanol–water partition coefficient (Wildman–Crippen LogP) is 4.54. The van der Waals surface area contributed by atoms with Crippen molar-refractivity contribution in [1.29, 1.82) is 0 Å². The van der Waals surface area contributed by atoms with E-state index in [1.807, 2.05) is 19.1 Å². The number of anilines is 1. The number of carbonyl (C=O) groups is 1. The van der Waals surface area contributed by atoms with Crippen molar-refractivity contribution in [3.63, 3.8) is 0 Å². The van der Waals surface area contributed by atoms with Gasteiger partial charge in [-0.1, -0.05) is 34.1 Å². The first-order valence-corrected chi connectivity index (χ1v) is 7.99. The molecular weight excluding hydrogens is 328 g/mol. The molecule has 0 saturated heterocycles.